The molecule has 3 rings (SSSR count). The van der Waals surface area contributed by atoms with E-state index in [0.717, 1.165) is 12.1 Å². The van der Waals surface area contributed by atoms with Crippen molar-refractivity contribution in [1.82, 2.24) is 0 Å². The first-order valence-corrected chi connectivity index (χ1v) is 8.92. The van der Waals surface area contributed by atoms with E-state index in [2.05, 4.69) is 17.6 Å². The van der Waals surface area contributed by atoms with Crippen molar-refractivity contribution in [3.63, 3.8) is 0 Å². The monoisotopic (exact) mass is 371 g/mol. The number of anilines is 3. The minimum atomic E-state index is -0.258. The van der Waals surface area contributed by atoms with Crippen LogP contribution in [0.2, 0.25) is 5.02 Å². The minimum Gasteiger partial charge on any atom is -0.375 e. The van der Waals surface area contributed by atoms with Gasteiger partial charge < -0.3 is 15.5 Å². The van der Waals surface area contributed by atoms with Crippen LogP contribution < -0.4 is 15.5 Å². The fourth-order valence-electron chi connectivity index (χ4n) is 2.93. The van der Waals surface area contributed by atoms with Crippen LogP contribution in [-0.4, -0.2) is 25.9 Å². The maximum atomic E-state index is 12.7. The van der Waals surface area contributed by atoms with Gasteiger partial charge >= 0.3 is 0 Å². The van der Waals surface area contributed by atoms with E-state index in [1.807, 2.05) is 19.0 Å². The van der Waals surface area contributed by atoms with Crippen molar-refractivity contribution in [2.45, 2.75) is 13.3 Å². The topological polar surface area (TPSA) is 61.4 Å². The normalized spacial score (nSPS) is 18.2. The molecule has 2 N–H and O–H groups in total. The molecule has 26 heavy (non-hydrogen) atoms. The second-order valence-corrected chi connectivity index (χ2v) is 7.28. The van der Waals surface area contributed by atoms with Crippen LogP contribution in [0, 0.1) is 11.8 Å². The number of benzene rings is 2. The molecule has 0 spiro atoms. The average molecular weight is 372 g/mol. The second-order valence-electron chi connectivity index (χ2n) is 6.87. The van der Waals surface area contributed by atoms with Crippen LogP contribution >= 0.6 is 11.6 Å². The Hall–Kier alpha value is -2.53. The van der Waals surface area contributed by atoms with Gasteiger partial charge in [0.05, 0.1) is 16.4 Å². The van der Waals surface area contributed by atoms with Gasteiger partial charge in [0.15, 0.2) is 0 Å². The molecular weight excluding hydrogens is 350 g/mol. The van der Waals surface area contributed by atoms with Gasteiger partial charge in [0.25, 0.3) is 5.91 Å². The molecule has 0 aliphatic heterocycles. The van der Waals surface area contributed by atoms with Crippen molar-refractivity contribution in [1.29, 1.82) is 0 Å². The summed E-state index contributed by atoms with van der Waals surface area (Å²) < 4.78 is 0. The van der Waals surface area contributed by atoms with Gasteiger partial charge in [-0.15, -0.1) is 0 Å². The van der Waals surface area contributed by atoms with Gasteiger partial charge in [-0.3, -0.25) is 9.59 Å². The summed E-state index contributed by atoms with van der Waals surface area (Å²) in [7, 11) is 3.73. The van der Waals surface area contributed by atoms with Crippen LogP contribution in [0.25, 0.3) is 0 Å². The number of amides is 2. The molecule has 2 atom stereocenters. The maximum Gasteiger partial charge on any atom is 0.255 e. The summed E-state index contributed by atoms with van der Waals surface area (Å²) in [6, 6.07) is 12.3. The van der Waals surface area contributed by atoms with Crippen molar-refractivity contribution in [3.05, 3.63) is 53.1 Å². The van der Waals surface area contributed by atoms with Crippen LogP contribution in [0.1, 0.15) is 23.7 Å². The summed E-state index contributed by atoms with van der Waals surface area (Å²) in [5.74, 6) is 0.279. The molecule has 2 unspecified atom stereocenters. The molecule has 0 heterocycles. The van der Waals surface area contributed by atoms with Gasteiger partial charge in [-0.2, -0.15) is 0 Å². The van der Waals surface area contributed by atoms with Crippen molar-refractivity contribution >= 4 is 40.5 Å². The standard InChI is InChI=1S/C20H22ClN3O2/c1-12-10-15(12)20(26)22-14-7-4-6-13(11-14)19(25)23-17-9-5-8-16(21)18(17)24(2)3/h4-9,11-12,15H,10H2,1-3H3,(H,22,26)(H,23,25). The lowest BCUT2D eigenvalue weighted by molar-refractivity contribution is -0.117. The van der Waals surface area contributed by atoms with E-state index < -0.39 is 0 Å². The zero-order valence-corrected chi connectivity index (χ0v) is 15.8. The highest BCUT2D eigenvalue weighted by atomic mass is 35.5. The summed E-state index contributed by atoms with van der Waals surface area (Å²) in [5, 5.41) is 6.34. The van der Waals surface area contributed by atoms with Crippen LogP contribution in [-0.2, 0) is 4.79 Å². The highest BCUT2D eigenvalue weighted by molar-refractivity contribution is 6.34. The van der Waals surface area contributed by atoms with Crippen LogP contribution in [0.5, 0.6) is 0 Å². The molecule has 5 nitrogen and oxygen atoms in total. The van der Waals surface area contributed by atoms with Gasteiger partial charge in [-0.25, -0.2) is 0 Å². The van der Waals surface area contributed by atoms with E-state index in [1.165, 1.54) is 0 Å². The molecule has 1 saturated carbocycles. The Bertz CT molecular complexity index is 851. The highest BCUT2D eigenvalue weighted by Gasteiger charge is 2.39. The van der Waals surface area contributed by atoms with E-state index >= 15 is 0 Å². The van der Waals surface area contributed by atoms with Gasteiger partial charge in [-0.05, 0) is 42.7 Å². The smallest absolute Gasteiger partial charge is 0.255 e. The Morgan fingerprint density at radius 1 is 1.12 bits per heavy atom. The SMILES string of the molecule is CC1CC1C(=O)Nc1cccc(C(=O)Nc2cccc(Cl)c2N(C)C)c1. The quantitative estimate of drug-likeness (QED) is 0.825. The predicted molar refractivity (Wildman–Crippen MR) is 106 cm³/mol. The fraction of sp³-hybridized carbons (Fsp3) is 0.300. The molecule has 0 radical (unpaired) electrons. The Kier molecular flexibility index (Phi) is 5.18. The lowest BCUT2D eigenvalue weighted by Crippen LogP contribution is -2.18. The number of rotatable bonds is 5. The summed E-state index contributed by atoms with van der Waals surface area (Å²) >= 11 is 6.24. The number of nitrogens with zero attached hydrogens (tertiary/aromatic N) is 1. The first kappa shape index (κ1) is 18.3. The Balaban J connectivity index is 1.76. The maximum absolute atomic E-state index is 12.7. The molecule has 6 heteroatoms. The molecule has 1 fully saturated rings. The van der Waals surface area contributed by atoms with E-state index in [1.54, 1.807) is 42.5 Å². The first-order valence-electron chi connectivity index (χ1n) is 8.55. The average Bonchev–Trinajstić information content (AvgIpc) is 3.32. The van der Waals surface area contributed by atoms with Crippen molar-refractivity contribution < 1.29 is 9.59 Å². The number of halogens is 1. The molecular formula is C20H22ClN3O2. The van der Waals surface area contributed by atoms with Gasteiger partial charge in [0, 0.05) is 31.3 Å². The highest BCUT2D eigenvalue weighted by Crippen LogP contribution is 2.38. The Labute approximate surface area is 158 Å². The largest absolute Gasteiger partial charge is 0.375 e. The van der Waals surface area contributed by atoms with Gasteiger partial charge in [0.2, 0.25) is 5.91 Å². The van der Waals surface area contributed by atoms with E-state index in [9.17, 15) is 9.59 Å². The molecule has 136 valence electrons. The van der Waals surface area contributed by atoms with Crippen LogP contribution in [0.3, 0.4) is 0 Å². The third-order valence-corrected chi connectivity index (χ3v) is 4.83. The van der Waals surface area contributed by atoms with Gasteiger partial charge in [0.1, 0.15) is 0 Å². The predicted octanol–water partition coefficient (Wildman–Crippen LogP) is 4.25. The zero-order chi connectivity index (χ0) is 18.8. The second kappa shape index (κ2) is 7.38. The number of para-hydroxylation sites is 1. The van der Waals surface area contributed by atoms with Crippen LogP contribution in [0.4, 0.5) is 17.1 Å². The van der Waals surface area contributed by atoms with E-state index in [-0.39, 0.29) is 17.7 Å². The van der Waals surface area contributed by atoms with Crippen LogP contribution in [0.15, 0.2) is 42.5 Å². The third-order valence-electron chi connectivity index (χ3n) is 4.52. The molecule has 2 aromatic rings. The molecule has 0 saturated heterocycles. The molecule has 2 amide bonds. The Morgan fingerprint density at radius 2 is 1.81 bits per heavy atom. The molecule has 1 aliphatic carbocycles. The summed E-state index contributed by atoms with van der Waals surface area (Å²) in [6.45, 7) is 2.06. The molecule has 0 aromatic heterocycles. The number of nitrogens with one attached hydrogen (secondary N) is 2. The number of carbonyl (C=O) groups excluding carboxylic acids is 2. The molecule has 0 bridgehead atoms. The number of hydrogen-bond acceptors (Lipinski definition) is 3. The summed E-state index contributed by atoms with van der Waals surface area (Å²) in [4.78, 5) is 26.6. The van der Waals surface area contributed by atoms with Crippen molar-refractivity contribution in [2.24, 2.45) is 11.8 Å². The minimum absolute atomic E-state index is 0.0137. The zero-order valence-electron chi connectivity index (χ0n) is 15.0. The first-order chi connectivity index (χ1) is 12.4. The summed E-state index contributed by atoms with van der Waals surface area (Å²) in [6.07, 6.45) is 0.925. The van der Waals surface area contributed by atoms with Crippen molar-refractivity contribution in [2.75, 3.05) is 29.6 Å². The summed E-state index contributed by atoms with van der Waals surface area (Å²) in [5.41, 5.74) is 2.47. The Morgan fingerprint density at radius 3 is 2.46 bits per heavy atom. The van der Waals surface area contributed by atoms with Crippen molar-refractivity contribution in [3.8, 4) is 0 Å². The number of carbonyl (C=O) groups is 2. The number of hydrogen-bond donors (Lipinski definition) is 2. The third kappa shape index (κ3) is 3.99. The fourth-order valence-corrected chi connectivity index (χ4v) is 3.27. The van der Waals surface area contributed by atoms with E-state index in [4.69, 9.17) is 11.6 Å². The lowest BCUT2D eigenvalue weighted by atomic mass is 10.1. The molecule has 2 aromatic carbocycles. The van der Waals surface area contributed by atoms with Gasteiger partial charge in [-0.1, -0.05) is 30.7 Å². The van der Waals surface area contributed by atoms with E-state index in [0.29, 0.717) is 27.9 Å². The molecule has 1 aliphatic rings. The lowest BCUT2D eigenvalue weighted by Gasteiger charge is -2.19.